The lowest BCUT2D eigenvalue weighted by Crippen LogP contribution is -2.49. The average Bonchev–Trinajstić information content (AvgIpc) is 2.17. The number of nitriles is 1. The van der Waals surface area contributed by atoms with Gasteiger partial charge in [0.2, 0.25) is 0 Å². The van der Waals surface area contributed by atoms with Crippen LogP contribution >= 0.6 is 0 Å². The molecule has 1 aliphatic rings. The van der Waals surface area contributed by atoms with Gasteiger partial charge in [-0.05, 0) is 32.2 Å². The lowest BCUT2D eigenvalue weighted by atomic mass is 9.94. The second-order valence-electron chi connectivity index (χ2n) is 4.68. The maximum atomic E-state index is 8.85. The SMILES string of the molecule is CCC1CCCN(CC(C)(N)C#N)C1. The van der Waals surface area contributed by atoms with Crippen molar-refractivity contribution in [2.45, 2.75) is 38.6 Å². The van der Waals surface area contributed by atoms with E-state index in [2.05, 4.69) is 17.9 Å². The van der Waals surface area contributed by atoms with Crippen molar-refractivity contribution in [1.29, 1.82) is 5.26 Å². The lowest BCUT2D eigenvalue weighted by Gasteiger charge is -2.35. The fourth-order valence-corrected chi connectivity index (χ4v) is 2.13. The zero-order chi connectivity index (χ0) is 10.6. The van der Waals surface area contributed by atoms with Crippen molar-refractivity contribution in [3.8, 4) is 6.07 Å². The Morgan fingerprint density at radius 3 is 2.93 bits per heavy atom. The largest absolute Gasteiger partial charge is 0.313 e. The first kappa shape index (κ1) is 11.5. The fourth-order valence-electron chi connectivity index (χ4n) is 2.13. The van der Waals surface area contributed by atoms with Crippen molar-refractivity contribution in [2.24, 2.45) is 11.7 Å². The number of nitrogens with zero attached hydrogens (tertiary/aromatic N) is 2. The van der Waals surface area contributed by atoms with Crippen LogP contribution in [0.1, 0.15) is 33.1 Å². The van der Waals surface area contributed by atoms with Gasteiger partial charge in [0, 0.05) is 13.1 Å². The number of nitrogens with two attached hydrogens (primary N) is 1. The molecular formula is C11H21N3. The van der Waals surface area contributed by atoms with Gasteiger partial charge in [0.1, 0.15) is 5.54 Å². The Balaban J connectivity index is 2.42. The second kappa shape index (κ2) is 4.77. The zero-order valence-electron chi connectivity index (χ0n) is 9.29. The van der Waals surface area contributed by atoms with Gasteiger partial charge in [0.05, 0.1) is 6.07 Å². The number of piperidine rings is 1. The Morgan fingerprint density at radius 1 is 1.64 bits per heavy atom. The number of likely N-dealkylation sites (tertiary alicyclic amines) is 1. The molecule has 1 fully saturated rings. The first-order chi connectivity index (χ1) is 6.57. The normalized spacial score (nSPS) is 28.0. The quantitative estimate of drug-likeness (QED) is 0.739. The third-order valence-corrected chi connectivity index (χ3v) is 2.99. The van der Waals surface area contributed by atoms with Crippen molar-refractivity contribution in [3.63, 3.8) is 0 Å². The molecule has 1 aliphatic heterocycles. The first-order valence-corrected chi connectivity index (χ1v) is 5.50. The molecule has 0 amide bonds. The molecule has 0 aromatic rings. The van der Waals surface area contributed by atoms with Gasteiger partial charge in [-0.1, -0.05) is 13.3 Å². The van der Waals surface area contributed by atoms with Gasteiger partial charge in [-0.25, -0.2) is 0 Å². The van der Waals surface area contributed by atoms with Crippen molar-refractivity contribution in [2.75, 3.05) is 19.6 Å². The zero-order valence-corrected chi connectivity index (χ0v) is 9.29. The van der Waals surface area contributed by atoms with Crippen LogP contribution in [0, 0.1) is 17.2 Å². The molecule has 0 spiro atoms. The molecule has 14 heavy (non-hydrogen) atoms. The number of hydrogen-bond acceptors (Lipinski definition) is 3. The van der Waals surface area contributed by atoms with Gasteiger partial charge in [0.15, 0.2) is 0 Å². The van der Waals surface area contributed by atoms with Crippen LogP contribution in [0.5, 0.6) is 0 Å². The highest BCUT2D eigenvalue weighted by Crippen LogP contribution is 2.20. The third-order valence-electron chi connectivity index (χ3n) is 2.99. The summed E-state index contributed by atoms with van der Waals surface area (Å²) in [5.74, 6) is 0.804. The summed E-state index contributed by atoms with van der Waals surface area (Å²) in [6.45, 7) is 6.97. The minimum absolute atomic E-state index is 0.685. The van der Waals surface area contributed by atoms with Crippen molar-refractivity contribution in [1.82, 2.24) is 4.90 Å². The van der Waals surface area contributed by atoms with Gasteiger partial charge in [-0.2, -0.15) is 5.26 Å². The minimum atomic E-state index is -0.685. The molecule has 2 atom stereocenters. The van der Waals surface area contributed by atoms with Crippen molar-refractivity contribution in [3.05, 3.63) is 0 Å². The summed E-state index contributed by atoms with van der Waals surface area (Å²) in [7, 11) is 0. The third kappa shape index (κ3) is 3.28. The molecule has 3 heteroatoms. The molecule has 2 N–H and O–H groups in total. The van der Waals surface area contributed by atoms with E-state index in [-0.39, 0.29) is 0 Å². The van der Waals surface area contributed by atoms with E-state index in [0.29, 0.717) is 6.54 Å². The van der Waals surface area contributed by atoms with Gasteiger partial charge in [-0.15, -0.1) is 0 Å². The van der Waals surface area contributed by atoms with Gasteiger partial charge in [-0.3, -0.25) is 0 Å². The Hall–Kier alpha value is -0.590. The van der Waals surface area contributed by atoms with Crippen molar-refractivity contribution < 1.29 is 0 Å². The number of rotatable bonds is 3. The molecule has 0 aliphatic carbocycles. The maximum Gasteiger partial charge on any atom is 0.114 e. The highest BCUT2D eigenvalue weighted by molar-refractivity contribution is 5.03. The monoisotopic (exact) mass is 195 g/mol. The van der Waals surface area contributed by atoms with E-state index in [0.717, 1.165) is 19.0 Å². The average molecular weight is 195 g/mol. The minimum Gasteiger partial charge on any atom is -0.313 e. The molecule has 2 unspecified atom stereocenters. The summed E-state index contributed by atoms with van der Waals surface area (Å²) in [6.07, 6.45) is 3.82. The molecule has 0 radical (unpaired) electrons. The highest BCUT2D eigenvalue weighted by atomic mass is 15.2. The van der Waals surface area contributed by atoms with Crippen LogP contribution in [-0.4, -0.2) is 30.1 Å². The smallest absolute Gasteiger partial charge is 0.114 e. The molecule has 0 aromatic heterocycles. The predicted octanol–water partition coefficient (Wildman–Crippen LogP) is 1.35. The van der Waals surface area contributed by atoms with Crippen LogP contribution in [0.25, 0.3) is 0 Å². The van der Waals surface area contributed by atoms with Gasteiger partial charge >= 0.3 is 0 Å². The number of hydrogen-bond donors (Lipinski definition) is 1. The van der Waals surface area contributed by atoms with E-state index in [9.17, 15) is 0 Å². The molecule has 1 saturated heterocycles. The summed E-state index contributed by atoms with van der Waals surface area (Å²) in [5.41, 5.74) is 5.15. The summed E-state index contributed by atoms with van der Waals surface area (Å²) in [4.78, 5) is 2.33. The summed E-state index contributed by atoms with van der Waals surface area (Å²) in [5, 5.41) is 8.85. The molecule has 0 saturated carbocycles. The van der Waals surface area contributed by atoms with Crippen LogP contribution in [0.2, 0.25) is 0 Å². The van der Waals surface area contributed by atoms with Crippen LogP contribution in [0.15, 0.2) is 0 Å². The highest BCUT2D eigenvalue weighted by Gasteiger charge is 2.25. The van der Waals surface area contributed by atoms with Crippen LogP contribution in [0.4, 0.5) is 0 Å². The Morgan fingerprint density at radius 2 is 2.36 bits per heavy atom. The maximum absolute atomic E-state index is 8.85. The Kier molecular flexibility index (Phi) is 3.91. The van der Waals surface area contributed by atoms with E-state index in [1.165, 1.54) is 19.3 Å². The first-order valence-electron chi connectivity index (χ1n) is 5.50. The standard InChI is InChI=1S/C11H21N3/c1-3-10-5-4-6-14(7-10)9-11(2,13)8-12/h10H,3-7,9,13H2,1-2H3. The van der Waals surface area contributed by atoms with E-state index in [1.54, 1.807) is 0 Å². The molecule has 1 heterocycles. The predicted molar refractivity (Wildman–Crippen MR) is 57.7 cm³/mol. The molecule has 0 bridgehead atoms. The van der Waals surface area contributed by atoms with E-state index < -0.39 is 5.54 Å². The summed E-state index contributed by atoms with van der Waals surface area (Å²) >= 11 is 0. The van der Waals surface area contributed by atoms with Gasteiger partial charge < -0.3 is 10.6 Å². The van der Waals surface area contributed by atoms with Crippen molar-refractivity contribution >= 4 is 0 Å². The van der Waals surface area contributed by atoms with Crippen LogP contribution < -0.4 is 5.73 Å². The molecule has 0 aromatic carbocycles. The Labute approximate surface area is 86.9 Å². The van der Waals surface area contributed by atoms with E-state index in [1.807, 2.05) is 6.92 Å². The Bertz CT molecular complexity index is 217. The fraction of sp³-hybridized carbons (Fsp3) is 0.909. The molecule has 80 valence electrons. The van der Waals surface area contributed by atoms with Crippen LogP contribution in [-0.2, 0) is 0 Å². The van der Waals surface area contributed by atoms with E-state index >= 15 is 0 Å². The van der Waals surface area contributed by atoms with Crippen LogP contribution in [0.3, 0.4) is 0 Å². The molecular weight excluding hydrogens is 174 g/mol. The molecule has 1 rings (SSSR count). The van der Waals surface area contributed by atoms with E-state index in [4.69, 9.17) is 11.0 Å². The lowest BCUT2D eigenvalue weighted by molar-refractivity contribution is 0.154. The summed E-state index contributed by atoms with van der Waals surface area (Å²) < 4.78 is 0. The second-order valence-corrected chi connectivity index (χ2v) is 4.68. The topological polar surface area (TPSA) is 53.0 Å². The van der Waals surface area contributed by atoms with Gasteiger partial charge in [0.25, 0.3) is 0 Å². The summed E-state index contributed by atoms with van der Waals surface area (Å²) in [6, 6.07) is 2.16. The molecule has 3 nitrogen and oxygen atoms in total.